The summed E-state index contributed by atoms with van der Waals surface area (Å²) in [5.74, 6) is -1.04. The Bertz CT molecular complexity index is 323. The number of rotatable bonds is 3. The van der Waals surface area contributed by atoms with E-state index in [4.69, 9.17) is 10.8 Å². The molecular weight excluding hydrogens is 232 g/mol. The number of carboxylic acid groups (broad SMARTS) is 1. The highest BCUT2D eigenvalue weighted by Gasteiger charge is 2.33. The van der Waals surface area contributed by atoms with Crippen LogP contribution in [-0.4, -0.2) is 40.5 Å². The zero-order valence-electron chi connectivity index (χ0n) is 11.5. The number of carbonyl (C=O) groups excluding carboxylic acids is 1. The molecule has 1 aliphatic rings. The summed E-state index contributed by atoms with van der Waals surface area (Å²) in [4.78, 5) is 24.8. The molecule has 0 spiro atoms. The summed E-state index contributed by atoms with van der Waals surface area (Å²) in [6.45, 7) is 6.48. The second kappa shape index (κ2) is 5.69. The molecule has 0 radical (unpaired) electrons. The summed E-state index contributed by atoms with van der Waals surface area (Å²) in [5, 5.41) is 9.13. The van der Waals surface area contributed by atoms with Crippen molar-refractivity contribution in [3.05, 3.63) is 0 Å². The number of carboxylic acids is 1. The number of likely N-dealkylation sites (tertiary alicyclic amines) is 1. The molecule has 0 aromatic rings. The van der Waals surface area contributed by atoms with E-state index in [0.29, 0.717) is 13.0 Å². The summed E-state index contributed by atoms with van der Waals surface area (Å²) in [7, 11) is 0. The second-order valence-electron chi connectivity index (χ2n) is 6.11. The first-order valence-corrected chi connectivity index (χ1v) is 6.51. The fourth-order valence-corrected chi connectivity index (χ4v) is 2.10. The van der Waals surface area contributed by atoms with E-state index < -0.39 is 12.0 Å². The predicted molar refractivity (Wildman–Crippen MR) is 69.0 cm³/mol. The topological polar surface area (TPSA) is 83.6 Å². The van der Waals surface area contributed by atoms with Gasteiger partial charge in [-0.1, -0.05) is 20.8 Å². The van der Waals surface area contributed by atoms with E-state index >= 15 is 0 Å². The van der Waals surface area contributed by atoms with E-state index in [-0.39, 0.29) is 23.8 Å². The molecule has 0 aromatic heterocycles. The zero-order chi connectivity index (χ0) is 13.9. The van der Waals surface area contributed by atoms with Crippen LogP contribution in [-0.2, 0) is 9.59 Å². The van der Waals surface area contributed by atoms with Crippen LogP contribution in [0.2, 0.25) is 0 Å². The van der Waals surface area contributed by atoms with E-state index in [1.807, 2.05) is 20.8 Å². The number of nitrogens with zero attached hydrogens (tertiary/aromatic N) is 1. The second-order valence-corrected chi connectivity index (χ2v) is 6.11. The molecule has 3 N–H and O–H groups in total. The standard InChI is InChI=1S/C13H24N2O3/c1-13(2,3)10(14)8-11(16)15-7-5-4-6-9(15)12(17)18/h9-10H,4-8,14H2,1-3H3,(H,17,18)/t9-,10?/m1/s1. The molecule has 1 unspecified atom stereocenters. The van der Waals surface area contributed by atoms with Gasteiger partial charge in [0.2, 0.25) is 5.91 Å². The summed E-state index contributed by atoms with van der Waals surface area (Å²) in [6.07, 6.45) is 2.51. The van der Waals surface area contributed by atoms with Crippen molar-refractivity contribution < 1.29 is 14.7 Å². The molecule has 1 saturated heterocycles. The van der Waals surface area contributed by atoms with Crippen LogP contribution in [0.25, 0.3) is 0 Å². The van der Waals surface area contributed by atoms with Crippen LogP contribution >= 0.6 is 0 Å². The monoisotopic (exact) mass is 256 g/mol. The molecular formula is C13H24N2O3. The van der Waals surface area contributed by atoms with Crippen LogP contribution in [0, 0.1) is 5.41 Å². The molecule has 1 fully saturated rings. The van der Waals surface area contributed by atoms with Gasteiger partial charge in [0.25, 0.3) is 0 Å². The van der Waals surface area contributed by atoms with Gasteiger partial charge in [-0.05, 0) is 24.7 Å². The number of amides is 1. The Morgan fingerprint density at radius 1 is 1.39 bits per heavy atom. The Hall–Kier alpha value is -1.10. The summed E-state index contributed by atoms with van der Waals surface area (Å²) < 4.78 is 0. The molecule has 5 nitrogen and oxygen atoms in total. The summed E-state index contributed by atoms with van der Waals surface area (Å²) in [5.41, 5.74) is 5.84. The van der Waals surface area contributed by atoms with E-state index in [0.717, 1.165) is 12.8 Å². The average Bonchev–Trinajstić information content (AvgIpc) is 2.27. The molecule has 104 valence electrons. The fraction of sp³-hybridized carbons (Fsp3) is 0.846. The first-order valence-electron chi connectivity index (χ1n) is 6.51. The van der Waals surface area contributed by atoms with Crippen molar-refractivity contribution in [1.29, 1.82) is 0 Å². The SMILES string of the molecule is CC(C)(C)C(N)CC(=O)N1CCCC[C@@H]1C(=O)O. The molecule has 0 aromatic carbocycles. The van der Waals surface area contributed by atoms with Crippen molar-refractivity contribution in [2.75, 3.05) is 6.54 Å². The van der Waals surface area contributed by atoms with Gasteiger partial charge in [-0.3, -0.25) is 4.79 Å². The Kier molecular flexibility index (Phi) is 4.73. The van der Waals surface area contributed by atoms with Gasteiger partial charge in [0.15, 0.2) is 0 Å². The maximum absolute atomic E-state index is 12.2. The van der Waals surface area contributed by atoms with Crippen LogP contribution in [0.3, 0.4) is 0 Å². The first-order chi connectivity index (χ1) is 8.23. The zero-order valence-corrected chi connectivity index (χ0v) is 11.5. The summed E-state index contributed by atoms with van der Waals surface area (Å²) in [6, 6.07) is -0.917. The van der Waals surface area contributed by atoms with E-state index in [2.05, 4.69) is 0 Å². The van der Waals surface area contributed by atoms with Gasteiger partial charge in [0.05, 0.1) is 0 Å². The van der Waals surface area contributed by atoms with Gasteiger partial charge in [0.1, 0.15) is 6.04 Å². The molecule has 2 atom stereocenters. The third-order valence-electron chi connectivity index (χ3n) is 3.62. The molecule has 0 saturated carbocycles. The minimum absolute atomic E-state index is 0.135. The van der Waals surface area contributed by atoms with Gasteiger partial charge in [0, 0.05) is 19.0 Å². The van der Waals surface area contributed by atoms with Gasteiger partial charge in [-0.2, -0.15) is 0 Å². The summed E-state index contributed by atoms with van der Waals surface area (Å²) >= 11 is 0. The number of hydrogen-bond donors (Lipinski definition) is 2. The Balaban J connectivity index is 2.67. The largest absolute Gasteiger partial charge is 0.480 e. The minimum atomic E-state index is -0.910. The van der Waals surface area contributed by atoms with Crippen molar-refractivity contribution in [1.82, 2.24) is 4.90 Å². The highest BCUT2D eigenvalue weighted by molar-refractivity contribution is 5.84. The van der Waals surface area contributed by atoms with Crippen molar-refractivity contribution in [3.8, 4) is 0 Å². The highest BCUT2D eigenvalue weighted by Crippen LogP contribution is 2.23. The van der Waals surface area contributed by atoms with Crippen LogP contribution in [0.1, 0.15) is 46.5 Å². The lowest BCUT2D eigenvalue weighted by molar-refractivity contribution is -0.152. The highest BCUT2D eigenvalue weighted by atomic mass is 16.4. The van der Waals surface area contributed by atoms with Gasteiger partial charge in [-0.25, -0.2) is 4.79 Å². The van der Waals surface area contributed by atoms with E-state index in [1.165, 1.54) is 4.90 Å². The molecule has 1 heterocycles. The number of carbonyl (C=O) groups is 2. The van der Waals surface area contributed by atoms with Crippen molar-refractivity contribution in [2.45, 2.75) is 58.5 Å². The Morgan fingerprint density at radius 3 is 2.50 bits per heavy atom. The minimum Gasteiger partial charge on any atom is -0.480 e. The number of piperidine rings is 1. The molecule has 18 heavy (non-hydrogen) atoms. The molecule has 5 heteroatoms. The van der Waals surface area contributed by atoms with Crippen molar-refractivity contribution in [3.63, 3.8) is 0 Å². The smallest absolute Gasteiger partial charge is 0.326 e. The van der Waals surface area contributed by atoms with Crippen LogP contribution in [0.15, 0.2) is 0 Å². The molecule has 1 rings (SSSR count). The Labute approximate surface area is 108 Å². The molecule has 1 aliphatic heterocycles. The van der Waals surface area contributed by atoms with Gasteiger partial charge in [-0.15, -0.1) is 0 Å². The fourth-order valence-electron chi connectivity index (χ4n) is 2.10. The third-order valence-corrected chi connectivity index (χ3v) is 3.62. The molecule has 0 bridgehead atoms. The lowest BCUT2D eigenvalue weighted by atomic mass is 9.85. The molecule has 1 amide bonds. The van der Waals surface area contributed by atoms with Gasteiger partial charge < -0.3 is 15.7 Å². The number of nitrogens with two attached hydrogens (primary N) is 1. The number of hydrogen-bond acceptors (Lipinski definition) is 3. The van der Waals surface area contributed by atoms with Crippen molar-refractivity contribution in [2.24, 2.45) is 11.1 Å². The van der Waals surface area contributed by atoms with Crippen LogP contribution in [0.4, 0.5) is 0 Å². The van der Waals surface area contributed by atoms with Crippen molar-refractivity contribution >= 4 is 11.9 Å². The van der Waals surface area contributed by atoms with E-state index in [1.54, 1.807) is 0 Å². The quantitative estimate of drug-likeness (QED) is 0.795. The third kappa shape index (κ3) is 3.70. The number of aliphatic carboxylic acids is 1. The lowest BCUT2D eigenvalue weighted by Crippen LogP contribution is -2.50. The predicted octanol–water partition coefficient (Wildman–Crippen LogP) is 1.22. The first kappa shape index (κ1) is 15.0. The van der Waals surface area contributed by atoms with Gasteiger partial charge >= 0.3 is 5.97 Å². The lowest BCUT2D eigenvalue weighted by Gasteiger charge is -2.35. The van der Waals surface area contributed by atoms with Crippen LogP contribution in [0.5, 0.6) is 0 Å². The Morgan fingerprint density at radius 2 is 2.00 bits per heavy atom. The van der Waals surface area contributed by atoms with Crippen LogP contribution < -0.4 is 5.73 Å². The maximum atomic E-state index is 12.2. The normalized spacial score (nSPS) is 22.7. The maximum Gasteiger partial charge on any atom is 0.326 e. The average molecular weight is 256 g/mol. The van der Waals surface area contributed by atoms with E-state index in [9.17, 15) is 9.59 Å². The molecule has 0 aliphatic carbocycles.